The lowest BCUT2D eigenvalue weighted by Crippen LogP contribution is -2.43. The van der Waals surface area contributed by atoms with Crippen LogP contribution in [0, 0.1) is 5.92 Å². The normalized spacial score (nSPS) is 17.9. The van der Waals surface area contributed by atoms with Gasteiger partial charge in [0.05, 0.1) is 24.9 Å². The third kappa shape index (κ3) is 4.37. The number of piperidine rings is 1. The molecule has 1 atom stereocenters. The molecule has 1 saturated heterocycles. The Morgan fingerprint density at radius 1 is 1.28 bits per heavy atom. The van der Waals surface area contributed by atoms with E-state index in [9.17, 15) is 4.79 Å². The molecule has 1 aromatic heterocycles. The van der Waals surface area contributed by atoms with E-state index in [2.05, 4.69) is 34.1 Å². The van der Waals surface area contributed by atoms with Gasteiger partial charge in [-0.1, -0.05) is 30.3 Å². The summed E-state index contributed by atoms with van der Waals surface area (Å²) < 4.78 is 5.08. The molecule has 0 radical (unpaired) electrons. The van der Waals surface area contributed by atoms with Gasteiger partial charge in [-0.05, 0) is 31.0 Å². The molecule has 0 aliphatic carbocycles. The lowest BCUT2D eigenvalue weighted by atomic mass is 9.96. The first-order valence-electron chi connectivity index (χ1n) is 8.71. The summed E-state index contributed by atoms with van der Waals surface area (Å²) in [4.78, 5) is 21.2. The predicted octanol–water partition coefficient (Wildman–Crippen LogP) is 2.97. The Labute approximate surface area is 149 Å². The van der Waals surface area contributed by atoms with Crippen LogP contribution in [0.5, 0.6) is 5.88 Å². The van der Waals surface area contributed by atoms with Crippen molar-refractivity contribution in [1.29, 1.82) is 0 Å². The molecule has 1 aromatic carbocycles. The van der Waals surface area contributed by atoms with Crippen molar-refractivity contribution in [3.63, 3.8) is 0 Å². The van der Waals surface area contributed by atoms with Gasteiger partial charge in [0.15, 0.2) is 0 Å². The first-order chi connectivity index (χ1) is 12.2. The zero-order valence-corrected chi connectivity index (χ0v) is 14.9. The molecule has 1 aliphatic rings. The molecule has 3 rings (SSSR count). The second-order valence-electron chi connectivity index (χ2n) is 6.52. The molecule has 0 unspecified atom stereocenters. The molecular formula is C20H25N3O2. The Bertz CT molecular complexity index is 688. The fraction of sp³-hybridized carbons (Fsp3) is 0.400. The van der Waals surface area contributed by atoms with Crippen LogP contribution in [-0.2, 0) is 11.3 Å². The number of benzene rings is 1. The van der Waals surface area contributed by atoms with E-state index in [1.165, 1.54) is 5.56 Å². The average Bonchev–Trinajstić information content (AvgIpc) is 2.68. The van der Waals surface area contributed by atoms with E-state index in [1.807, 2.05) is 19.2 Å². The number of hydrogen-bond acceptors (Lipinski definition) is 4. The smallest absolute Gasteiger partial charge is 0.231 e. The van der Waals surface area contributed by atoms with Crippen molar-refractivity contribution >= 4 is 11.6 Å². The Morgan fingerprint density at radius 3 is 2.76 bits per heavy atom. The van der Waals surface area contributed by atoms with Crippen LogP contribution in [0.2, 0.25) is 0 Å². The van der Waals surface area contributed by atoms with Gasteiger partial charge in [-0.3, -0.25) is 9.69 Å². The van der Waals surface area contributed by atoms with Crippen molar-refractivity contribution in [2.45, 2.75) is 19.4 Å². The number of rotatable bonds is 5. The largest absolute Gasteiger partial charge is 0.481 e. The van der Waals surface area contributed by atoms with E-state index in [4.69, 9.17) is 4.74 Å². The van der Waals surface area contributed by atoms with Gasteiger partial charge in [0.1, 0.15) is 0 Å². The first kappa shape index (κ1) is 17.4. The lowest BCUT2D eigenvalue weighted by Gasteiger charge is -2.34. The maximum Gasteiger partial charge on any atom is 0.231 e. The Balaban J connectivity index is 1.62. The van der Waals surface area contributed by atoms with Gasteiger partial charge < -0.3 is 9.64 Å². The van der Waals surface area contributed by atoms with Crippen LogP contribution in [0.4, 0.5) is 5.69 Å². The van der Waals surface area contributed by atoms with Gasteiger partial charge >= 0.3 is 0 Å². The number of carbonyl (C=O) groups excluding carboxylic acids is 1. The van der Waals surface area contributed by atoms with E-state index < -0.39 is 0 Å². The average molecular weight is 339 g/mol. The van der Waals surface area contributed by atoms with Gasteiger partial charge in [0.2, 0.25) is 11.8 Å². The van der Waals surface area contributed by atoms with E-state index in [0.717, 1.165) is 38.2 Å². The molecule has 2 heterocycles. The fourth-order valence-electron chi connectivity index (χ4n) is 3.34. The molecular weight excluding hydrogens is 314 g/mol. The molecule has 1 aliphatic heterocycles. The van der Waals surface area contributed by atoms with Crippen molar-refractivity contribution in [1.82, 2.24) is 9.88 Å². The zero-order chi connectivity index (χ0) is 17.6. The van der Waals surface area contributed by atoms with E-state index in [-0.39, 0.29) is 11.8 Å². The highest BCUT2D eigenvalue weighted by atomic mass is 16.5. The number of nitrogens with zero attached hydrogens (tertiary/aromatic N) is 3. The minimum absolute atomic E-state index is 0.0320. The number of carbonyl (C=O) groups is 1. The van der Waals surface area contributed by atoms with Crippen LogP contribution in [0.15, 0.2) is 48.7 Å². The number of hydrogen-bond donors (Lipinski definition) is 0. The zero-order valence-electron chi connectivity index (χ0n) is 14.9. The Morgan fingerprint density at radius 2 is 2.08 bits per heavy atom. The van der Waals surface area contributed by atoms with Crippen molar-refractivity contribution < 1.29 is 9.53 Å². The van der Waals surface area contributed by atoms with Crippen LogP contribution in [-0.4, -0.2) is 43.0 Å². The monoisotopic (exact) mass is 339 g/mol. The Kier molecular flexibility index (Phi) is 5.66. The third-order valence-corrected chi connectivity index (χ3v) is 4.75. The van der Waals surface area contributed by atoms with Crippen LogP contribution in [0.1, 0.15) is 18.4 Å². The SMILES string of the molecule is COc1ccc(N(C)C(=O)[C@@H]2CCCN(Cc3ccccc3)C2)cn1. The number of methoxy groups -OCH3 is 1. The molecule has 2 aromatic rings. The standard InChI is InChI=1S/C20H25N3O2/c1-22(18-10-11-19(25-2)21-13-18)20(24)17-9-6-12-23(15-17)14-16-7-4-3-5-8-16/h3-5,7-8,10-11,13,17H,6,9,12,14-15H2,1-2H3/t17-/m1/s1. The predicted molar refractivity (Wildman–Crippen MR) is 98.6 cm³/mol. The fourth-order valence-corrected chi connectivity index (χ4v) is 3.34. The summed E-state index contributed by atoms with van der Waals surface area (Å²) in [6.07, 6.45) is 3.68. The van der Waals surface area contributed by atoms with E-state index in [0.29, 0.717) is 5.88 Å². The second-order valence-corrected chi connectivity index (χ2v) is 6.52. The molecule has 0 spiro atoms. The summed E-state index contributed by atoms with van der Waals surface area (Å²) in [6, 6.07) is 14.1. The minimum atomic E-state index is 0.0320. The van der Waals surface area contributed by atoms with Gasteiger partial charge in [0.25, 0.3) is 0 Å². The number of ether oxygens (including phenoxy) is 1. The quantitative estimate of drug-likeness (QED) is 0.840. The molecule has 132 valence electrons. The van der Waals surface area contributed by atoms with Gasteiger partial charge in [-0.25, -0.2) is 4.98 Å². The highest BCUT2D eigenvalue weighted by Crippen LogP contribution is 2.23. The molecule has 5 nitrogen and oxygen atoms in total. The number of amides is 1. The van der Waals surface area contributed by atoms with Gasteiger partial charge in [-0.2, -0.15) is 0 Å². The van der Waals surface area contributed by atoms with Gasteiger partial charge in [-0.15, -0.1) is 0 Å². The molecule has 0 saturated carbocycles. The van der Waals surface area contributed by atoms with E-state index in [1.54, 1.807) is 24.3 Å². The van der Waals surface area contributed by atoms with Crippen LogP contribution < -0.4 is 9.64 Å². The topological polar surface area (TPSA) is 45.7 Å². The molecule has 25 heavy (non-hydrogen) atoms. The van der Waals surface area contributed by atoms with Crippen LogP contribution in [0.25, 0.3) is 0 Å². The van der Waals surface area contributed by atoms with Crippen molar-refractivity contribution in [2.24, 2.45) is 5.92 Å². The van der Waals surface area contributed by atoms with Crippen molar-refractivity contribution in [3.05, 3.63) is 54.2 Å². The molecule has 0 N–H and O–H groups in total. The summed E-state index contributed by atoms with van der Waals surface area (Å²) in [6.45, 7) is 2.76. The summed E-state index contributed by atoms with van der Waals surface area (Å²) in [7, 11) is 3.40. The maximum absolute atomic E-state index is 12.9. The van der Waals surface area contributed by atoms with Crippen LogP contribution >= 0.6 is 0 Å². The van der Waals surface area contributed by atoms with Crippen molar-refractivity contribution in [2.75, 3.05) is 32.1 Å². The molecule has 1 amide bonds. The van der Waals surface area contributed by atoms with Gasteiger partial charge in [0, 0.05) is 26.2 Å². The lowest BCUT2D eigenvalue weighted by molar-refractivity contribution is -0.123. The number of anilines is 1. The summed E-state index contributed by atoms with van der Waals surface area (Å²) >= 11 is 0. The minimum Gasteiger partial charge on any atom is -0.481 e. The van der Waals surface area contributed by atoms with E-state index >= 15 is 0 Å². The Hall–Kier alpha value is -2.40. The summed E-state index contributed by atoms with van der Waals surface area (Å²) in [5.74, 6) is 0.741. The summed E-state index contributed by atoms with van der Waals surface area (Å²) in [5.41, 5.74) is 2.09. The molecule has 5 heteroatoms. The third-order valence-electron chi connectivity index (χ3n) is 4.75. The molecule has 1 fully saturated rings. The summed E-state index contributed by atoms with van der Waals surface area (Å²) in [5, 5.41) is 0. The highest BCUT2D eigenvalue weighted by Gasteiger charge is 2.28. The van der Waals surface area contributed by atoms with Crippen molar-refractivity contribution in [3.8, 4) is 5.88 Å². The number of aromatic nitrogens is 1. The molecule has 0 bridgehead atoms. The highest BCUT2D eigenvalue weighted by molar-refractivity contribution is 5.94. The number of pyridine rings is 1. The first-order valence-corrected chi connectivity index (χ1v) is 8.71. The van der Waals surface area contributed by atoms with Crippen LogP contribution in [0.3, 0.4) is 0 Å². The second kappa shape index (κ2) is 8.12. The maximum atomic E-state index is 12.9. The number of likely N-dealkylation sites (tertiary alicyclic amines) is 1.